The fraction of sp³-hybridized carbons (Fsp3) is 0.350. The molecule has 0 radical (unpaired) electrons. The number of benzene rings is 2. The molecule has 1 atom stereocenters. The van der Waals surface area contributed by atoms with Crippen LogP contribution in [0.1, 0.15) is 35.1 Å². The number of hydrogen-bond acceptors (Lipinski definition) is 3. The maximum atomic E-state index is 13.3. The van der Waals surface area contributed by atoms with Crippen LogP contribution in [0.4, 0.5) is 4.39 Å². The Kier molecular flexibility index (Phi) is 7.00. The number of rotatable bonds is 7. The second kappa shape index (κ2) is 8.79. The van der Waals surface area contributed by atoms with Gasteiger partial charge in [-0.05, 0) is 0 Å². The van der Waals surface area contributed by atoms with Gasteiger partial charge in [0.15, 0.2) is 0 Å². The minimum atomic E-state index is -1.40. The molecule has 0 spiro atoms. The van der Waals surface area contributed by atoms with Crippen molar-refractivity contribution >= 4 is 19.8 Å². The molecule has 0 bridgehead atoms. The van der Waals surface area contributed by atoms with Gasteiger partial charge < -0.3 is 0 Å². The van der Waals surface area contributed by atoms with Gasteiger partial charge in [-0.3, -0.25) is 0 Å². The van der Waals surface area contributed by atoms with Crippen molar-refractivity contribution < 1.29 is 14.6 Å². The van der Waals surface area contributed by atoms with Gasteiger partial charge in [0, 0.05) is 0 Å². The maximum absolute atomic E-state index is 13.3. The summed E-state index contributed by atoms with van der Waals surface area (Å²) >= 11 is -1.40. The number of nitrogens with zero attached hydrogens (tertiary/aromatic N) is 1. The van der Waals surface area contributed by atoms with Gasteiger partial charge in [0.25, 0.3) is 0 Å². The van der Waals surface area contributed by atoms with E-state index in [4.69, 9.17) is 5.26 Å². The van der Waals surface area contributed by atoms with Crippen LogP contribution in [0.3, 0.4) is 0 Å². The van der Waals surface area contributed by atoms with E-state index >= 15 is 0 Å². The minimum absolute atomic E-state index is 0.266. The van der Waals surface area contributed by atoms with Crippen molar-refractivity contribution in [2.45, 2.75) is 39.4 Å². The fourth-order valence-electron chi connectivity index (χ4n) is 3.12. The van der Waals surface area contributed by atoms with Gasteiger partial charge >= 0.3 is 156 Å². The molecule has 132 valence electrons. The molecule has 0 unspecified atom stereocenters. The Bertz CT molecular complexity index is 755. The van der Waals surface area contributed by atoms with Crippen LogP contribution in [0, 0.1) is 17.1 Å². The second-order valence-corrected chi connectivity index (χ2v) is 16.4. The van der Waals surface area contributed by atoms with E-state index in [0.29, 0.717) is 28.7 Å². The van der Waals surface area contributed by atoms with Crippen LogP contribution in [-0.4, -0.2) is 30.0 Å². The van der Waals surface area contributed by atoms with Gasteiger partial charge in [-0.15, -0.1) is 0 Å². The Morgan fingerprint density at radius 2 is 1.84 bits per heavy atom. The summed E-state index contributed by atoms with van der Waals surface area (Å²) in [5, 5.41) is 30.3. The average Bonchev–Trinajstić information content (AvgIpc) is 2.61. The zero-order chi connectivity index (χ0) is 18.4. The molecule has 0 aliphatic rings. The quantitative estimate of drug-likeness (QED) is 0.636. The van der Waals surface area contributed by atoms with Crippen LogP contribution in [0.2, 0.25) is 14.3 Å². The van der Waals surface area contributed by atoms with E-state index in [-0.39, 0.29) is 12.4 Å². The molecule has 5 heteroatoms. The zero-order valence-corrected chi connectivity index (χ0v) is 18.0. The van der Waals surface area contributed by atoms with Gasteiger partial charge in [0.1, 0.15) is 0 Å². The summed E-state index contributed by atoms with van der Waals surface area (Å²) in [6, 6.07) is 12.9. The monoisotopic (exact) mass is 449 g/mol. The summed E-state index contributed by atoms with van der Waals surface area (Å²) in [4.78, 5) is 4.67. The summed E-state index contributed by atoms with van der Waals surface area (Å²) in [5.74, 6) is -0.355. The van der Waals surface area contributed by atoms with E-state index in [0.717, 1.165) is 10.9 Å². The first-order valence-corrected chi connectivity index (χ1v) is 17.5. The summed E-state index contributed by atoms with van der Waals surface area (Å²) in [7, 11) is 0. The van der Waals surface area contributed by atoms with Gasteiger partial charge in [0.2, 0.25) is 0 Å². The third-order valence-electron chi connectivity index (χ3n) is 4.49. The molecule has 2 aromatic rings. The number of aliphatic hydroxyl groups excluding tert-OH is 1. The summed E-state index contributed by atoms with van der Waals surface area (Å²) < 4.78 is 14.5. The van der Waals surface area contributed by atoms with Crippen LogP contribution < -0.4 is 0 Å². The standard InChI is InChI=1S/C18H17FNO2.2CH3.Sn.H/c1-2-9-18(22,15-4-6-16(19)7-5-15)17-8-3-13(11-20)10-14(17)12-21;;;;/h3-8,10,21-22H,1-2,9,12H2;2*1H3;;/t18-;;;;/m0..../s1. The zero-order valence-electron chi connectivity index (χ0n) is 14.7. The molecule has 0 saturated heterocycles. The molecule has 0 heterocycles. The van der Waals surface area contributed by atoms with Crippen LogP contribution in [-0.2, 0) is 12.2 Å². The van der Waals surface area contributed by atoms with Crippen molar-refractivity contribution in [3.8, 4) is 6.07 Å². The summed E-state index contributed by atoms with van der Waals surface area (Å²) in [6.07, 6.45) is 1.39. The Hall–Kier alpha value is -1.42. The van der Waals surface area contributed by atoms with E-state index < -0.39 is 25.4 Å². The van der Waals surface area contributed by atoms with Crippen molar-refractivity contribution in [3.63, 3.8) is 0 Å². The predicted molar refractivity (Wildman–Crippen MR) is 99.4 cm³/mol. The topological polar surface area (TPSA) is 64.2 Å². The van der Waals surface area contributed by atoms with E-state index in [1.807, 2.05) is 0 Å². The van der Waals surface area contributed by atoms with E-state index in [1.54, 1.807) is 30.3 Å². The van der Waals surface area contributed by atoms with Crippen molar-refractivity contribution in [1.82, 2.24) is 0 Å². The molecule has 0 saturated carbocycles. The fourth-order valence-corrected chi connectivity index (χ4v) is 6.04. The van der Waals surface area contributed by atoms with Crippen molar-refractivity contribution in [3.05, 3.63) is 70.5 Å². The van der Waals surface area contributed by atoms with Crippen molar-refractivity contribution in [1.29, 1.82) is 5.26 Å². The summed E-state index contributed by atoms with van der Waals surface area (Å²) in [5.41, 5.74) is 0.846. The third-order valence-corrected chi connectivity index (χ3v) is 8.95. The third kappa shape index (κ3) is 4.81. The number of halogens is 1. The Labute approximate surface area is 155 Å². The van der Waals surface area contributed by atoms with E-state index in [1.165, 1.54) is 12.1 Å². The van der Waals surface area contributed by atoms with Crippen molar-refractivity contribution in [2.24, 2.45) is 0 Å². The molecule has 25 heavy (non-hydrogen) atoms. The van der Waals surface area contributed by atoms with Gasteiger partial charge in [-0.1, -0.05) is 0 Å². The number of aliphatic hydroxyl groups is 2. The first-order chi connectivity index (χ1) is 11.9. The Morgan fingerprint density at radius 1 is 1.16 bits per heavy atom. The molecule has 2 rings (SSSR count). The first kappa shape index (κ1) is 19.9. The number of hydrogen-bond donors (Lipinski definition) is 2. The molecule has 2 aromatic carbocycles. The SMILES string of the molecule is [CH3][SnH]([CH3])[CH2]CC[C@](O)(c1ccc(F)cc1)c1ccc(C#N)cc1CO. The van der Waals surface area contributed by atoms with Gasteiger partial charge in [-0.2, -0.15) is 0 Å². The second-order valence-electron chi connectivity index (χ2n) is 6.80. The van der Waals surface area contributed by atoms with Crippen LogP contribution in [0.25, 0.3) is 0 Å². The predicted octanol–water partition coefficient (Wildman–Crippen LogP) is 3.69. The van der Waals surface area contributed by atoms with Crippen LogP contribution in [0.15, 0.2) is 42.5 Å². The average molecular weight is 448 g/mol. The molecule has 3 nitrogen and oxygen atoms in total. The van der Waals surface area contributed by atoms with E-state index in [9.17, 15) is 14.6 Å². The molecule has 0 aromatic heterocycles. The molecule has 0 aliphatic heterocycles. The van der Waals surface area contributed by atoms with Gasteiger partial charge in [0.05, 0.1) is 0 Å². The summed E-state index contributed by atoms with van der Waals surface area (Å²) in [6.45, 7) is -0.266. The molecule has 0 amide bonds. The first-order valence-electron chi connectivity index (χ1n) is 8.53. The molecular weight excluding hydrogens is 424 g/mol. The Morgan fingerprint density at radius 3 is 2.40 bits per heavy atom. The molecule has 2 N–H and O–H groups in total. The molecular formula is C20H24FNO2Sn. The van der Waals surface area contributed by atoms with Crippen LogP contribution >= 0.6 is 0 Å². The normalized spacial score (nSPS) is 13.5. The van der Waals surface area contributed by atoms with Gasteiger partial charge in [-0.25, -0.2) is 0 Å². The number of nitriles is 1. The van der Waals surface area contributed by atoms with Crippen LogP contribution in [0.5, 0.6) is 0 Å². The van der Waals surface area contributed by atoms with Crippen molar-refractivity contribution in [2.75, 3.05) is 0 Å². The Balaban J connectivity index is 2.51. The molecule has 0 aliphatic carbocycles. The van der Waals surface area contributed by atoms with E-state index in [2.05, 4.69) is 15.9 Å². The molecule has 0 fully saturated rings.